The fraction of sp³-hybridized carbons (Fsp3) is 0.462. The number of methoxy groups -OCH3 is 2. The summed E-state index contributed by atoms with van der Waals surface area (Å²) < 4.78 is 10.0. The molecule has 4 nitrogen and oxygen atoms in total. The second-order valence-corrected chi connectivity index (χ2v) is 5.51. The number of benzene rings is 1. The SMILES string of the molecule is COC(=O)C1(Cc2ccc(OC)cc2)NCCS1. The highest BCUT2D eigenvalue weighted by atomic mass is 32.2. The van der Waals surface area contributed by atoms with Gasteiger partial charge in [-0.25, -0.2) is 4.79 Å². The molecule has 1 aromatic carbocycles. The minimum Gasteiger partial charge on any atom is -0.497 e. The van der Waals surface area contributed by atoms with Crippen molar-refractivity contribution in [3.63, 3.8) is 0 Å². The van der Waals surface area contributed by atoms with E-state index in [2.05, 4.69) is 5.32 Å². The lowest BCUT2D eigenvalue weighted by molar-refractivity contribution is -0.144. The molecule has 1 N–H and O–H groups in total. The van der Waals surface area contributed by atoms with Crippen LogP contribution in [0.15, 0.2) is 24.3 Å². The number of hydrogen-bond acceptors (Lipinski definition) is 5. The molecule has 0 radical (unpaired) electrons. The van der Waals surface area contributed by atoms with Crippen LogP contribution in [0.4, 0.5) is 0 Å². The molecule has 1 aliphatic rings. The zero-order valence-corrected chi connectivity index (χ0v) is 11.4. The van der Waals surface area contributed by atoms with Crippen molar-refractivity contribution in [3.05, 3.63) is 29.8 Å². The van der Waals surface area contributed by atoms with Crippen LogP contribution in [0.1, 0.15) is 5.56 Å². The molecule has 1 heterocycles. The van der Waals surface area contributed by atoms with Crippen molar-refractivity contribution in [1.82, 2.24) is 5.32 Å². The van der Waals surface area contributed by atoms with Gasteiger partial charge in [-0.05, 0) is 17.7 Å². The van der Waals surface area contributed by atoms with Gasteiger partial charge in [0.05, 0.1) is 14.2 Å². The van der Waals surface area contributed by atoms with Crippen molar-refractivity contribution >= 4 is 17.7 Å². The van der Waals surface area contributed by atoms with Crippen LogP contribution in [-0.4, -0.2) is 37.4 Å². The van der Waals surface area contributed by atoms with E-state index in [1.54, 1.807) is 18.9 Å². The molecule has 18 heavy (non-hydrogen) atoms. The van der Waals surface area contributed by atoms with Crippen LogP contribution in [0.2, 0.25) is 0 Å². The van der Waals surface area contributed by atoms with Crippen LogP contribution in [0.3, 0.4) is 0 Å². The highest BCUT2D eigenvalue weighted by molar-refractivity contribution is 8.01. The maximum atomic E-state index is 11.9. The third kappa shape index (κ3) is 2.62. The first-order chi connectivity index (χ1) is 8.70. The largest absolute Gasteiger partial charge is 0.497 e. The Morgan fingerprint density at radius 2 is 2.11 bits per heavy atom. The van der Waals surface area contributed by atoms with Crippen molar-refractivity contribution in [2.24, 2.45) is 0 Å². The number of nitrogens with one attached hydrogen (secondary N) is 1. The summed E-state index contributed by atoms with van der Waals surface area (Å²) in [7, 11) is 3.07. The second-order valence-electron chi connectivity index (χ2n) is 4.12. The van der Waals surface area contributed by atoms with Gasteiger partial charge in [-0.15, -0.1) is 11.8 Å². The van der Waals surface area contributed by atoms with E-state index < -0.39 is 4.87 Å². The first-order valence-electron chi connectivity index (χ1n) is 5.80. The molecule has 1 fully saturated rings. The third-order valence-corrected chi connectivity index (χ3v) is 4.34. The van der Waals surface area contributed by atoms with Crippen LogP contribution in [-0.2, 0) is 16.0 Å². The fourth-order valence-electron chi connectivity index (χ4n) is 2.04. The van der Waals surface area contributed by atoms with Gasteiger partial charge in [0, 0.05) is 18.7 Å². The van der Waals surface area contributed by atoms with Gasteiger partial charge in [-0.2, -0.15) is 0 Å². The molecule has 1 unspecified atom stereocenters. The minimum absolute atomic E-state index is 0.208. The maximum Gasteiger partial charge on any atom is 0.336 e. The van der Waals surface area contributed by atoms with E-state index in [1.807, 2.05) is 24.3 Å². The summed E-state index contributed by atoms with van der Waals surface area (Å²) >= 11 is 1.61. The number of rotatable bonds is 4. The van der Waals surface area contributed by atoms with Crippen LogP contribution in [0.25, 0.3) is 0 Å². The van der Waals surface area contributed by atoms with Gasteiger partial charge in [-0.3, -0.25) is 5.32 Å². The smallest absolute Gasteiger partial charge is 0.336 e. The van der Waals surface area contributed by atoms with E-state index >= 15 is 0 Å². The van der Waals surface area contributed by atoms with Crippen LogP contribution in [0.5, 0.6) is 5.75 Å². The van der Waals surface area contributed by atoms with E-state index in [0.29, 0.717) is 6.42 Å². The number of hydrogen-bond donors (Lipinski definition) is 1. The van der Waals surface area contributed by atoms with Gasteiger partial charge in [0.15, 0.2) is 4.87 Å². The number of carbonyl (C=O) groups is 1. The molecule has 98 valence electrons. The van der Waals surface area contributed by atoms with Crippen molar-refractivity contribution in [2.45, 2.75) is 11.3 Å². The highest BCUT2D eigenvalue weighted by Gasteiger charge is 2.43. The normalized spacial score (nSPS) is 22.8. The molecule has 1 saturated heterocycles. The van der Waals surface area contributed by atoms with E-state index in [-0.39, 0.29) is 5.97 Å². The molecular formula is C13H17NO3S. The Hall–Kier alpha value is -1.20. The van der Waals surface area contributed by atoms with Gasteiger partial charge in [0.1, 0.15) is 5.75 Å². The summed E-state index contributed by atoms with van der Waals surface area (Å²) in [6, 6.07) is 7.76. The summed E-state index contributed by atoms with van der Waals surface area (Å²) in [6.45, 7) is 0.829. The van der Waals surface area contributed by atoms with Crippen LogP contribution < -0.4 is 10.1 Å². The molecule has 0 aliphatic carbocycles. The molecule has 1 aromatic rings. The lowest BCUT2D eigenvalue weighted by atomic mass is 10.1. The molecule has 0 saturated carbocycles. The van der Waals surface area contributed by atoms with Crippen molar-refractivity contribution in [2.75, 3.05) is 26.5 Å². The average molecular weight is 267 g/mol. The van der Waals surface area contributed by atoms with Crippen molar-refractivity contribution < 1.29 is 14.3 Å². The number of ether oxygens (including phenoxy) is 2. The first-order valence-corrected chi connectivity index (χ1v) is 6.79. The fourth-order valence-corrected chi connectivity index (χ4v) is 3.27. The molecular weight excluding hydrogens is 250 g/mol. The topological polar surface area (TPSA) is 47.6 Å². The first kappa shape index (κ1) is 13.2. The Morgan fingerprint density at radius 1 is 1.39 bits per heavy atom. The minimum atomic E-state index is -0.636. The molecule has 5 heteroatoms. The molecule has 0 aromatic heterocycles. The average Bonchev–Trinajstić information content (AvgIpc) is 2.88. The van der Waals surface area contributed by atoms with Crippen LogP contribution in [0, 0.1) is 0 Å². The number of esters is 1. The van der Waals surface area contributed by atoms with Crippen molar-refractivity contribution in [1.29, 1.82) is 0 Å². The highest BCUT2D eigenvalue weighted by Crippen LogP contribution is 2.32. The second kappa shape index (κ2) is 5.63. The maximum absolute atomic E-state index is 11.9. The molecule has 1 aliphatic heterocycles. The number of thioether (sulfide) groups is 1. The van der Waals surface area contributed by atoms with E-state index in [1.165, 1.54) is 7.11 Å². The summed E-state index contributed by atoms with van der Waals surface area (Å²) in [5.41, 5.74) is 1.09. The predicted molar refractivity (Wildman–Crippen MR) is 71.9 cm³/mol. The van der Waals surface area contributed by atoms with Crippen molar-refractivity contribution in [3.8, 4) is 5.75 Å². The molecule has 0 amide bonds. The zero-order valence-electron chi connectivity index (χ0n) is 10.6. The Bertz CT molecular complexity index is 413. The summed E-state index contributed by atoms with van der Waals surface area (Å²) in [6.07, 6.45) is 0.619. The zero-order chi connectivity index (χ0) is 13.0. The molecule has 1 atom stereocenters. The predicted octanol–water partition coefficient (Wildman–Crippen LogP) is 1.44. The van der Waals surface area contributed by atoms with Gasteiger partial charge >= 0.3 is 5.97 Å². The summed E-state index contributed by atoms with van der Waals surface area (Å²) in [5, 5.41) is 3.26. The van der Waals surface area contributed by atoms with E-state index in [4.69, 9.17) is 9.47 Å². The van der Waals surface area contributed by atoms with Gasteiger partial charge in [0.2, 0.25) is 0 Å². The molecule has 0 bridgehead atoms. The lowest BCUT2D eigenvalue weighted by Crippen LogP contribution is -2.47. The van der Waals surface area contributed by atoms with E-state index in [0.717, 1.165) is 23.6 Å². The van der Waals surface area contributed by atoms with E-state index in [9.17, 15) is 4.79 Å². The molecule has 2 rings (SSSR count). The van der Waals surface area contributed by atoms with Gasteiger partial charge < -0.3 is 9.47 Å². The molecule has 0 spiro atoms. The quantitative estimate of drug-likeness (QED) is 0.837. The van der Waals surface area contributed by atoms with Gasteiger partial charge in [0.25, 0.3) is 0 Å². The standard InChI is InChI=1S/C13H17NO3S/c1-16-11-5-3-10(4-6-11)9-13(12(15)17-2)14-7-8-18-13/h3-6,14H,7-9H2,1-2H3. The Balaban J connectivity index is 2.15. The Labute approximate surface area is 111 Å². The summed E-state index contributed by atoms with van der Waals surface area (Å²) in [4.78, 5) is 11.3. The van der Waals surface area contributed by atoms with Crippen LogP contribution >= 0.6 is 11.8 Å². The summed E-state index contributed by atoms with van der Waals surface area (Å²) in [5.74, 6) is 1.53. The monoisotopic (exact) mass is 267 g/mol. The van der Waals surface area contributed by atoms with Gasteiger partial charge in [-0.1, -0.05) is 12.1 Å². The third-order valence-electron chi connectivity index (χ3n) is 2.99. The Kier molecular flexibility index (Phi) is 4.14. The lowest BCUT2D eigenvalue weighted by Gasteiger charge is -2.25. The Morgan fingerprint density at radius 3 is 2.61 bits per heavy atom. The number of carbonyl (C=O) groups excluding carboxylic acids is 1.